The molecular weight excluding hydrogens is 210 g/mol. The van der Waals surface area contributed by atoms with E-state index in [0.717, 1.165) is 0 Å². The van der Waals surface area contributed by atoms with Crippen molar-refractivity contribution < 1.29 is 0 Å². The van der Waals surface area contributed by atoms with E-state index < -0.39 is 0 Å². The first-order chi connectivity index (χ1) is 6.88. The molecule has 0 aromatic carbocycles. The van der Waals surface area contributed by atoms with Crippen LogP contribution in [0, 0.1) is 0 Å². The van der Waals surface area contributed by atoms with Gasteiger partial charge in [0.1, 0.15) is 0 Å². The van der Waals surface area contributed by atoms with Gasteiger partial charge in [0, 0.05) is 16.6 Å². The Bertz CT molecular complexity index is 324. The number of pyridine rings is 1. The Balaban J connectivity index is 2.25. The zero-order chi connectivity index (χ0) is 9.80. The Hall–Kier alpha value is -0.410. The standard InChI is InChI=1S/C11H13NS2/c1-9(10-4-2-5-12-8-10)11-13-6-3-7-14-11/h2,4-5,8H,3,6-7H2,1H3. The minimum atomic E-state index is 1.25. The number of rotatable bonds is 1. The van der Waals surface area contributed by atoms with E-state index in [1.54, 1.807) is 0 Å². The molecule has 14 heavy (non-hydrogen) atoms. The molecule has 1 aromatic heterocycles. The van der Waals surface area contributed by atoms with Gasteiger partial charge in [-0.2, -0.15) is 0 Å². The number of thioether (sulfide) groups is 2. The summed E-state index contributed by atoms with van der Waals surface area (Å²) in [6, 6.07) is 4.13. The maximum atomic E-state index is 4.15. The minimum absolute atomic E-state index is 1.25. The van der Waals surface area contributed by atoms with Crippen LogP contribution in [0.4, 0.5) is 0 Å². The highest BCUT2D eigenvalue weighted by atomic mass is 32.2. The van der Waals surface area contributed by atoms with E-state index in [2.05, 4.69) is 18.0 Å². The minimum Gasteiger partial charge on any atom is -0.264 e. The lowest BCUT2D eigenvalue weighted by atomic mass is 10.2. The zero-order valence-electron chi connectivity index (χ0n) is 8.19. The Morgan fingerprint density at radius 1 is 1.36 bits per heavy atom. The molecule has 2 rings (SSSR count). The van der Waals surface area contributed by atoms with Crippen LogP contribution in [0.5, 0.6) is 0 Å². The van der Waals surface area contributed by atoms with Crippen LogP contribution in [0.25, 0.3) is 5.57 Å². The molecule has 0 N–H and O–H groups in total. The summed E-state index contributed by atoms with van der Waals surface area (Å²) >= 11 is 3.96. The maximum absolute atomic E-state index is 4.15. The highest BCUT2D eigenvalue weighted by Crippen LogP contribution is 2.39. The molecule has 1 saturated heterocycles. The Labute approximate surface area is 93.4 Å². The van der Waals surface area contributed by atoms with E-state index in [9.17, 15) is 0 Å². The topological polar surface area (TPSA) is 12.9 Å². The summed E-state index contributed by atoms with van der Waals surface area (Å²) in [5.74, 6) is 2.53. The molecule has 1 aromatic rings. The second-order valence-electron chi connectivity index (χ2n) is 3.20. The van der Waals surface area contributed by atoms with Crippen molar-refractivity contribution in [1.29, 1.82) is 0 Å². The molecule has 2 heterocycles. The van der Waals surface area contributed by atoms with Crippen molar-refractivity contribution in [2.24, 2.45) is 0 Å². The van der Waals surface area contributed by atoms with Crippen molar-refractivity contribution in [2.45, 2.75) is 13.3 Å². The number of allylic oxidation sites excluding steroid dienone is 1. The molecule has 1 nitrogen and oxygen atoms in total. The molecule has 0 unspecified atom stereocenters. The summed E-state index contributed by atoms with van der Waals surface area (Å²) in [5.41, 5.74) is 2.64. The van der Waals surface area contributed by atoms with Gasteiger partial charge in [0.2, 0.25) is 0 Å². The highest BCUT2D eigenvalue weighted by molar-refractivity contribution is 8.23. The number of hydrogen-bond donors (Lipinski definition) is 0. The van der Waals surface area contributed by atoms with Crippen LogP contribution in [0.3, 0.4) is 0 Å². The van der Waals surface area contributed by atoms with E-state index in [4.69, 9.17) is 0 Å². The smallest absolute Gasteiger partial charge is 0.0436 e. The van der Waals surface area contributed by atoms with Crippen molar-refractivity contribution in [1.82, 2.24) is 4.98 Å². The first-order valence-corrected chi connectivity index (χ1v) is 6.72. The second-order valence-corrected chi connectivity index (χ2v) is 5.67. The van der Waals surface area contributed by atoms with Crippen molar-refractivity contribution in [3.05, 3.63) is 34.3 Å². The molecule has 1 aliphatic rings. The van der Waals surface area contributed by atoms with Crippen LogP contribution in [0.1, 0.15) is 18.9 Å². The predicted octanol–water partition coefficient (Wildman–Crippen LogP) is 3.64. The van der Waals surface area contributed by atoms with Crippen molar-refractivity contribution in [3.63, 3.8) is 0 Å². The summed E-state index contributed by atoms with van der Waals surface area (Å²) in [4.78, 5) is 4.15. The molecule has 1 fully saturated rings. The first-order valence-electron chi connectivity index (χ1n) is 4.75. The Kier molecular flexibility index (Phi) is 3.54. The average Bonchev–Trinajstić information content (AvgIpc) is 2.30. The molecule has 74 valence electrons. The molecule has 3 heteroatoms. The fourth-order valence-electron chi connectivity index (χ4n) is 1.35. The van der Waals surface area contributed by atoms with Crippen LogP contribution in [0.2, 0.25) is 0 Å². The molecule has 1 aliphatic heterocycles. The van der Waals surface area contributed by atoms with E-state index in [-0.39, 0.29) is 0 Å². The lowest BCUT2D eigenvalue weighted by Gasteiger charge is -2.15. The predicted molar refractivity (Wildman–Crippen MR) is 66.4 cm³/mol. The third-order valence-corrected chi connectivity index (χ3v) is 4.99. The van der Waals surface area contributed by atoms with Crippen LogP contribution in [-0.4, -0.2) is 16.5 Å². The van der Waals surface area contributed by atoms with E-state index in [1.165, 1.54) is 33.3 Å². The molecule has 0 radical (unpaired) electrons. The van der Waals surface area contributed by atoms with Gasteiger partial charge in [0.15, 0.2) is 0 Å². The van der Waals surface area contributed by atoms with Gasteiger partial charge in [-0.25, -0.2) is 0 Å². The van der Waals surface area contributed by atoms with Crippen molar-refractivity contribution in [2.75, 3.05) is 11.5 Å². The van der Waals surface area contributed by atoms with Gasteiger partial charge in [-0.15, -0.1) is 23.5 Å². The monoisotopic (exact) mass is 223 g/mol. The van der Waals surface area contributed by atoms with Crippen molar-refractivity contribution in [3.8, 4) is 0 Å². The summed E-state index contributed by atoms with van der Waals surface area (Å²) in [7, 11) is 0. The van der Waals surface area contributed by atoms with Gasteiger partial charge < -0.3 is 0 Å². The van der Waals surface area contributed by atoms with E-state index >= 15 is 0 Å². The SMILES string of the molecule is CC(=C1SCCCS1)c1cccnc1. The highest BCUT2D eigenvalue weighted by Gasteiger charge is 2.10. The van der Waals surface area contributed by atoms with Crippen LogP contribution in [0.15, 0.2) is 28.8 Å². The van der Waals surface area contributed by atoms with E-state index in [0.29, 0.717) is 0 Å². The summed E-state index contributed by atoms with van der Waals surface area (Å²) in [6.45, 7) is 2.19. The fourth-order valence-corrected chi connectivity index (χ4v) is 3.98. The largest absolute Gasteiger partial charge is 0.264 e. The van der Waals surface area contributed by atoms with Crippen LogP contribution in [-0.2, 0) is 0 Å². The van der Waals surface area contributed by atoms with Gasteiger partial charge in [-0.3, -0.25) is 4.98 Å². The molecule has 0 atom stereocenters. The van der Waals surface area contributed by atoms with Gasteiger partial charge in [0.25, 0.3) is 0 Å². The lowest BCUT2D eigenvalue weighted by Crippen LogP contribution is -1.94. The molecule has 0 aliphatic carbocycles. The van der Waals surface area contributed by atoms with Crippen LogP contribution < -0.4 is 0 Å². The second kappa shape index (κ2) is 4.89. The van der Waals surface area contributed by atoms with Gasteiger partial charge in [-0.1, -0.05) is 6.07 Å². The molecule has 0 amide bonds. The van der Waals surface area contributed by atoms with Crippen LogP contribution >= 0.6 is 23.5 Å². The maximum Gasteiger partial charge on any atom is 0.0436 e. The van der Waals surface area contributed by atoms with Crippen molar-refractivity contribution >= 4 is 29.1 Å². The lowest BCUT2D eigenvalue weighted by molar-refractivity contribution is 1.12. The van der Waals surface area contributed by atoms with Gasteiger partial charge in [0.05, 0.1) is 0 Å². The Morgan fingerprint density at radius 3 is 2.79 bits per heavy atom. The molecule has 0 saturated carbocycles. The number of hydrogen-bond acceptors (Lipinski definition) is 3. The van der Waals surface area contributed by atoms with E-state index in [1.807, 2.05) is 42.0 Å². The first kappa shape index (κ1) is 10.1. The molecular formula is C11H13NS2. The third-order valence-electron chi connectivity index (χ3n) is 2.16. The third kappa shape index (κ3) is 2.34. The quantitative estimate of drug-likeness (QED) is 0.721. The Morgan fingerprint density at radius 2 is 2.14 bits per heavy atom. The summed E-state index contributed by atoms with van der Waals surface area (Å²) < 4.78 is 1.48. The molecule has 0 bridgehead atoms. The average molecular weight is 223 g/mol. The fraction of sp³-hybridized carbons (Fsp3) is 0.364. The van der Waals surface area contributed by atoms with Gasteiger partial charge in [-0.05, 0) is 42.1 Å². The zero-order valence-corrected chi connectivity index (χ0v) is 9.83. The normalized spacial score (nSPS) is 16.8. The number of aromatic nitrogens is 1. The van der Waals surface area contributed by atoms with Gasteiger partial charge >= 0.3 is 0 Å². The summed E-state index contributed by atoms with van der Waals surface area (Å²) in [6.07, 6.45) is 5.10. The number of nitrogens with zero attached hydrogens (tertiary/aromatic N) is 1. The summed E-state index contributed by atoms with van der Waals surface area (Å²) in [5, 5.41) is 0. The molecule has 0 spiro atoms.